The number of carbonyl (C=O) groups is 3. The number of carboxylic acid groups (broad SMARTS) is 1. The van der Waals surface area contributed by atoms with Crippen LogP contribution in [0.2, 0.25) is 0 Å². The highest BCUT2D eigenvalue weighted by atomic mass is 16.4. The number of aliphatic carboxylic acids is 1. The van der Waals surface area contributed by atoms with E-state index in [0.717, 1.165) is 13.0 Å². The van der Waals surface area contributed by atoms with Gasteiger partial charge in [-0.1, -0.05) is 0 Å². The van der Waals surface area contributed by atoms with Crippen molar-refractivity contribution in [3.8, 4) is 0 Å². The summed E-state index contributed by atoms with van der Waals surface area (Å²) < 4.78 is 0. The summed E-state index contributed by atoms with van der Waals surface area (Å²) in [5, 5.41) is 13.1. The average molecular weight is 257 g/mol. The Kier molecular flexibility index (Phi) is 5.57. The fourth-order valence-electron chi connectivity index (χ4n) is 2.05. The molecule has 1 saturated heterocycles. The lowest BCUT2D eigenvalue weighted by Crippen LogP contribution is -2.43. The van der Waals surface area contributed by atoms with Crippen molar-refractivity contribution < 1.29 is 19.5 Å². The standard InChI is InChI=1S/C11H19N3O4/c1-12-11(18)13-9(15)7-14-5-4-8(6-14)2-3-10(16)17/h8H,2-7H2,1H3,(H,16,17)(H2,12,13,15,18). The van der Waals surface area contributed by atoms with Crippen molar-refractivity contribution >= 4 is 17.9 Å². The molecule has 3 N–H and O–H groups in total. The van der Waals surface area contributed by atoms with Gasteiger partial charge in [-0.05, 0) is 25.3 Å². The molecule has 0 aromatic carbocycles. The number of hydrogen-bond acceptors (Lipinski definition) is 4. The van der Waals surface area contributed by atoms with Gasteiger partial charge in [0, 0.05) is 20.0 Å². The molecule has 1 rings (SSSR count). The summed E-state index contributed by atoms with van der Waals surface area (Å²) in [6.07, 6.45) is 1.71. The van der Waals surface area contributed by atoms with E-state index in [-0.39, 0.29) is 18.9 Å². The van der Waals surface area contributed by atoms with Gasteiger partial charge in [0.25, 0.3) is 0 Å². The van der Waals surface area contributed by atoms with E-state index in [2.05, 4.69) is 10.6 Å². The maximum absolute atomic E-state index is 11.4. The van der Waals surface area contributed by atoms with E-state index in [1.807, 2.05) is 4.90 Å². The van der Waals surface area contributed by atoms with E-state index >= 15 is 0 Å². The highest BCUT2D eigenvalue weighted by Crippen LogP contribution is 2.20. The molecule has 7 heteroatoms. The summed E-state index contributed by atoms with van der Waals surface area (Å²) >= 11 is 0. The van der Waals surface area contributed by atoms with Crippen LogP contribution in [0.4, 0.5) is 4.79 Å². The highest BCUT2D eigenvalue weighted by Gasteiger charge is 2.24. The predicted octanol–water partition coefficient (Wildman–Crippen LogP) is -0.371. The van der Waals surface area contributed by atoms with Gasteiger partial charge in [0.05, 0.1) is 6.54 Å². The minimum absolute atomic E-state index is 0.170. The normalized spacial score (nSPS) is 19.5. The van der Waals surface area contributed by atoms with Crippen molar-refractivity contribution in [3.63, 3.8) is 0 Å². The lowest BCUT2D eigenvalue weighted by atomic mass is 10.0. The number of urea groups is 1. The number of nitrogens with one attached hydrogen (secondary N) is 2. The summed E-state index contributed by atoms with van der Waals surface area (Å²) in [6.45, 7) is 1.66. The van der Waals surface area contributed by atoms with Crippen molar-refractivity contribution in [3.05, 3.63) is 0 Å². The molecule has 1 atom stereocenters. The molecule has 7 nitrogen and oxygen atoms in total. The Morgan fingerprint density at radius 3 is 2.72 bits per heavy atom. The van der Waals surface area contributed by atoms with Gasteiger partial charge in [0.15, 0.2) is 0 Å². The molecule has 0 aliphatic carbocycles. The zero-order chi connectivity index (χ0) is 13.5. The largest absolute Gasteiger partial charge is 0.481 e. The molecule has 0 spiro atoms. The molecule has 0 radical (unpaired) electrons. The van der Waals surface area contributed by atoms with Crippen molar-refractivity contribution in [2.45, 2.75) is 19.3 Å². The van der Waals surface area contributed by atoms with Crippen LogP contribution in [-0.2, 0) is 9.59 Å². The van der Waals surface area contributed by atoms with Gasteiger partial charge in [0.2, 0.25) is 5.91 Å². The number of imide groups is 1. The number of carbonyl (C=O) groups excluding carboxylic acids is 2. The molecular weight excluding hydrogens is 238 g/mol. The van der Waals surface area contributed by atoms with E-state index in [4.69, 9.17) is 5.11 Å². The maximum atomic E-state index is 11.4. The van der Waals surface area contributed by atoms with Gasteiger partial charge in [-0.15, -0.1) is 0 Å². The average Bonchev–Trinajstić information content (AvgIpc) is 2.73. The van der Waals surface area contributed by atoms with Crippen molar-refractivity contribution in [2.24, 2.45) is 5.92 Å². The van der Waals surface area contributed by atoms with Gasteiger partial charge in [-0.3, -0.25) is 19.8 Å². The molecule has 1 unspecified atom stereocenters. The Morgan fingerprint density at radius 1 is 1.39 bits per heavy atom. The van der Waals surface area contributed by atoms with Crippen LogP contribution in [0.5, 0.6) is 0 Å². The molecule has 0 bridgehead atoms. The quantitative estimate of drug-likeness (QED) is 0.624. The Balaban J connectivity index is 2.23. The third-order valence-electron chi connectivity index (χ3n) is 2.98. The molecule has 1 aliphatic heterocycles. The van der Waals surface area contributed by atoms with Crippen LogP contribution in [0, 0.1) is 5.92 Å². The number of carboxylic acids is 1. The second-order valence-electron chi connectivity index (χ2n) is 4.45. The Labute approximate surface area is 106 Å². The minimum atomic E-state index is -0.786. The van der Waals surface area contributed by atoms with Crippen molar-refractivity contribution in [1.82, 2.24) is 15.5 Å². The van der Waals surface area contributed by atoms with E-state index in [0.29, 0.717) is 18.9 Å². The molecule has 1 heterocycles. The van der Waals surface area contributed by atoms with Crippen molar-refractivity contribution in [1.29, 1.82) is 0 Å². The summed E-state index contributed by atoms with van der Waals surface area (Å²) in [7, 11) is 1.44. The Hall–Kier alpha value is -1.63. The summed E-state index contributed by atoms with van der Waals surface area (Å²) in [4.78, 5) is 34.7. The minimum Gasteiger partial charge on any atom is -0.481 e. The smallest absolute Gasteiger partial charge is 0.321 e. The fraction of sp³-hybridized carbons (Fsp3) is 0.727. The van der Waals surface area contributed by atoms with Gasteiger partial charge in [-0.2, -0.15) is 0 Å². The summed E-state index contributed by atoms with van der Waals surface area (Å²) in [6, 6.07) is -0.512. The number of likely N-dealkylation sites (tertiary alicyclic amines) is 1. The van der Waals surface area contributed by atoms with E-state index in [1.165, 1.54) is 7.05 Å². The Bertz CT molecular complexity index is 332. The van der Waals surface area contributed by atoms with E-state index < -0.39 is 12.0 Å². The maximum Gasteiger partial charge on any atom is 0.321 e. The van der Waals surface area contributed by atoms with Gasteiger partial charge < -0.3 is 10.4 Å². The molecule has 18 heavy (non-hydrogen) atoms. The first kappa shape index (κ1) is 14.4. The second kappa shape index (κ2) is 6.95. The van der Waals surface area contributed by atoms with Crippen LogP contribution < -0.4 is 10.6 Å². The molecule has 3 amide bonds. The molecule has 1 fully saturated rings. The van der Waals surface area contributed by atoms with Crippen LogP contribution in [0.3, 0.4) is 0 Å². The number of rotatable bonds is 5. The first-order valence-corrected chi connectivity index (χ1v) is 5.97. The third-order valence-corrected chi connectivity index (χ3v) is 2.98. The van der Waals surface area contributed by atoms with Gasteiger partial charge in [-0.25, -0.2) is 4.79 Å². The molecule has 0 saturated carbocycles. The molecule has 0 aromatic heterocycles. The van der Waals surface area contributed by atoms with Gasteiger partial charge in [0.1, 0.15) is 0 Å². The summed E-state index contributed by atoms with van der Waals surface area (Å²) in [5.74, 6) is -0.798. The summed E-state index contributed by atoms with van der Waals surface area (Å²) in [5.41, 5.74) is 0. The molecule has 102 valence electrons. The highest BCUT2D eigenvalue weighted by molar-refractivity contribution is 5.95. The van der Waals surface area contributed by atoms with Crippen molar-refractivity contribution in [2.75, 3.05) is 26.7 Å². The Morgan fingerprint density at radius 2 is 2.11 bits per heavy atom. The zero-order valence-corrected chi connectivity index (χ0v) is 10.4. The van der Waals surface area contributed by atoms with E-state index in [9.17, 15) is 14.4 Å². The first-order valence-electron chi connectivity index (χ1n) is 5.97. The SMILES string of the molecule is CNC(=O)NC(=O)CN1CCC(CCC(=O)O)C1. The molecular formula is C11H19N3O4. The molecule has 0 aromatic rings. The van der Waals surface area contributed by atoms with Gasteiger partial charge >= 0.3 is 12.0 Å². The topological polar surface area (TPSA) is 98.7 Å². The van der Waals surface area contributed by atoms with Crippen LogP contribution in [0.1, 0.15) is 19.3 Å². The van der Waals surface area contributed by atoms with Crippen LogP contribution >= 0.6 is 0 Å². The lowest BCUT2D eigenvalue weighted by Gasteiger charge is -2.14. The zero-order valence-electron chi connectivity index (χ0n) is 10.4. The predicted molar refractivity (Wildman–Crippen MR) is 64.0 cm³/mol. The monoisotopic (exact) mass is 257 g/mol. The number of hydrogen-bond donors (Lipinski definition) is 3. The molecule has 1 aliphatic rings. The number of nitrogens with zero attached hydrogens (tertiary/aromatic N) is 1. The fourth-order valence-corrected chi connectivity index (χ4v) is 2.05. The second-order valence-corrected chi connectivity index (χ2v) is 4.45. The van der Waals surface area contributed by atoms with Crippen LogP contribution in [-0.4, -0.2) is 54.6 Å². The first-order chi connectivity index (χ1) is 8.51. The van der Waals surface area contributed by atoms with E-state index in [1.54, 1.807) is 0 Å². The lowest BCUT2D eigenvalue weighted by molar-refractivity contribution is -0.137. The van der Waals surface area contributed by atoms with Crippen LogP contribution in [0.15, 0.2) is 0 Å². The number of amides is 3. The third kappa shape index (κ3) is 5.13. The van der Waals surface area contributed by atoms with Crippen LogP contribution in [0.25, 0.3) is 0 Å².